The Bertz CT molecular complexity index is 810. The molecule has 1 aromatic heterocycles. The van der Waals surface area contributed by atoms with Crippen molar-refractivity contribution in [3.8, 4) is 17.1 Å². The quantitative estimate of drug-likeness (QED) is 0.801. The summed E-state index contributed by atoms with van der Waals surface area (Å²) in [4.78, 5) is 21.2. The highest BCUT2D eigenvalue weighted by Gasteiger charge is 2.33. The highest BCUT2D eigenvalue weighted by molar-refractivity contribution is 5.76. The minimum absolute atomic E-state index is 0.124. The molecule has 0 spiro atoms. The summed E-state index contributed by atoms with van der Waals surface area (Å²) in [7, 11) is 1.60. The van der Waals surface area contributed by atoms with E-state index in [1.807, 2.05) is 29.2 Å². The molecule has 2 saturated heterocycles. The molecule has 0 aliphatic carbocycles. The zero-order valence-corrected chi connectivity index (χ0v) is 16.1. The first kappa shape index (κ1) is 18.9. The van der Waals surface area contributed by atoms with Crippen LogP contribution in [0.3, 0.4) is 0 Å². The number of aromatic nitrogens is 2. The fourth-order valence-electron chi connectivity index (χ4n) is 3.93. The number of nitrogens with zero attached hydrogens (tertiary/aromatic N) is 4. The van der Waals surface area contributed by atoms with Crippen molar-refractivity contribution in [2.45, 2.75) is 37.8 Å². The van der Waals surface area contributed by atoms with Crippen molar-refractivity contribution in [1.29, 1.82) is 0 Å². The van der Waals surface area contributed by atoms with E-state index in [4.69, 9.17) is 9.26 Å². The minimum Gasteiger partial charge on any atom is -0.496 e. The highest BCUT2D eigenvalue weighted by Crippen LogP contribution is 2.27. The number of aryl methyl sites for hydroxylation is 1. The van der Waals surface area contributed by atoms with Gasteiger partial charge in [-0.3, -0.25) is 9.69 Å². The number of piperidine rings is 1. The number of β-amino-alcohol motifs (C(OH)–C–C–N with tert-alkyl or cyclic N) is 1. The Kier molecular flexibility index (Phi) is 5.59. The number of carbonyl (C=O) groups is 1. The molecule has 0 atom stereocenters. The summed E-state index contributed by atoms with van der Waals surface area (Å²) in [6.07, 6.45) is 2.56. The number of aliphatic hydroxyl groups is 1. The molecule has 0 radical (unpaired) electrons. The van der Waals surface area contributed by atoms with Gasteiger partial charge in [-0.05, 0) is 25.0 Å². The number of amides is 1. The maximum Gasteiger partial charge on any atom is 0.227 e. The van der Waals surface area contributed by atoms with Gasteiger partial charge in [-0.2, -0.15) is 4.98 Å². The zero-order valence-electron chi connectivity index (χ0n) is 16.1. The number of ether oxygens (including phenoxy) is 1. The molecular weight excluding hydrogens is 360 g/mol. The molecule has 2 aliphatic heterocycles. The average molecular weight is 386 g/mol. The molecule has 0 unspecified atom stereocenters. The Morgan fingerprint density at radius 2 is 2.04 bits per heavy atom. The van der Waals surface area contributed by atoms with Crippen LogP contribution in [0.2, 0.25) is 0 Å². The lowest BCUT2D eigenvalue weighted by Crippen LogP contribution is -2.58. The van der Waals surface area contributed by atoms with E-state index in [1.54, 1.807) is 7.11 Å². The largest absolute Gasteiger partial charge is 0.496 e. The normalized spacial score (nSPS) is 18.9. The van der Waals surface area contributed by atoms with Gasteiger partial charge >= 0.3 is 0 Å². The first-order valence-electron chi connectivity index (χ1n) is 9.80. The third-order valence-corrected chi connectivity index (χ3v) is 5.59. The molecule has 3 heterocycles. The predicted molar refractivity (Wildman–Crippen MR) is 102 cm³/mol. The number of carbonyl (C=O) groups excluding carboxylic acids is 1. The molecule has 150 valence electrons. The number of aliphatic hydroxyl groups excluding tert-OH is 1. The van der Waals surface area contributed by atoms with Crippen molar-refractivity contribution in [2.75, 3.05) is 33.3 Å². The number of likely N-dealkylation sites (tertiary alicyclic amines) is 2. The molecule has 1 aromatic carbocycles. The molecule has 0 saturated carbocycles. The third kappa shape index (κ3) is 4.02. The highest BCUT2D eigenvalue weighted by atomic mass is 16.5. The second-order valence-electron chi connectivity index (χ2n) is 7.43. The fraction of sp³-hybridized carbons (Fsp3) is 0.550. The van der Waals surface area contributed by atoms with Crippen molar-refractivity contribution in [2.24, 2.45) is 0 Å². The second kappa shape index (κ2) is 8.28. The van der Waals surface area contributed by atoms with E-state index in [9.17, 15) is 9.90 Å². The molecule has 2 aromatic rings. The Labute approximate surface area is 164 Å². The van der Waals surface area contributed by atoms with Gasteiger partial charge in [0.2, 0.25) is 17.6 Å². The fourth-order valence-corrected chi connectivity index (χ4v) is 3.93. The second-order valence-corrected chi connectivity index (χ2v) is 7.43. The van der Waals surface area contributed by atoms with Gasteiger partial charge in [-0.1, -0.05) is 17.3 Å². The van der Waals surface area contributed by atoms with Crippen LogP contribution < -0.4 is 4.74 Å². The number of methoxy groups -OCH3 is 1. The molecule has 28 heavy (non-hydrogen) atoms. The SMILES string of the molecule is COc1ccccc1-c1noc(CCC(=O)N2CCC(N3CC(O)C3)CC2)n1. The predicted octanol–water partition coefficient (Wildman–Crippen LogP) is 1.35. The summed E-state index contributed by atoms with van der Waals surface area (Å²) in [6.45, 7) is 3.08. The monoisotopic (exact) mass is 386 g/mol. The first-order chi connectivity index (χ1) is 13.6. The molecule has 1 N–H and O–H groups in total. The number of benzene rings is 1. The van der Waals surface area contributed by atoms with Crippen molar-refractivity contribution in [3.63, 3.8) is 0 Å². The lowest BCUT2D eigenvalue weighted by molar-refractivity contribution is -0.133. The molecule has 8 heteroatoms. The summed E-state index contributed by atoms with van der Waals surface area (Å²) in [5.41, 5.74) is 0.768. The van der Waals surface area contributed by atoms with Crippen LogP contribution in [-0.4, -0.2) is 76.4 Å². The van der Waals surface area contributed by atoms with Crippen LogP contribution in [0.4, 0.5) is 0 Å². The lowest BCUT2D eigenvalue weighted by atomic mass is 9.98. The van der Waals surface area contributed by atoms with Crippen LogP contribution in [0.5, 0.6) is 5.75 Å². The van der Waals surface area contributed by atoms with Gasteiger partial charge in [0.1, 0.15) is 5.75 Å². The summed E-state index contributed by atoms with van der Waals surface area (Å²) >= 11 is 0. The van der Waals surface area contributed by atoms with Crippen molar-refractivity contribution in [3.05, 3.63) is 30.2 Å². The molecular formula is C20H26N4O4. The number of rotatable bonds is 6. The van der Waals surface area contributed by atoms with Gasteiger partial charge in [0.15, 0.2) is 0 Å². The van der Waals surface area contributed by atoms with Crippen molar-refractivity contribution >= 4 is 5.91 Å². The molecule has 4 rings (SSSR count). The number of hydrogen-bond donors (Lipinski definition) is 1. The van der Waals surface area contributed by atoms with E-state index in [0.717, 1.165) is 44.6 Å². The molecule has 2 aliphatic rings. The van der Waals surface area contributed by atoms with Gasteiger partial charge in [0.05, 0.1) is 18.8 Å². The minimum atomic E-state index is -0.171. The molecule has 8 nitrogen and oxygen atoms in total. The van der Waals surface area contributed by atoms with E-state index in [-0.39, 0.29) is 12.0 Å². The summed E-state index contributed by atoms with van der Waals surface area (Å²) in [5.74, 6) is 1.74. The Morgan fingerprint density at radius 1 is 1.29 bits per heavy atom. The van der Waals surface area contributed by atoms with Crippen LogP contribution in [0, 0.1) is 0 Å². The Hall–Kier alpha value is -2.45. The van der Waals surface area contributed by atoms with E-state index in [2.05, 4.69) is 15.0 Å². The van der Waals surface area contributed by atoms with Gasteiger partial charge < -0.3 is 19.3 Å². The van der Waals surface area contributed by atoms with Gasteiger partial charge in [-0.25, -0.2) is 0 Å². The smallest absolute Gasteiger partial charge is 0.227 e. The van der Waals surface area contributed by atoms with Crippen LogP contribution in [-0.2, 0) is 11.2 Å². The molecule has 2 fully saturated rings. The Balaban J connectivity index is 1.27. The van der Waals surface area contributed by atoms with Crippen molar-refractivity contribution in [1.82, 2.24) is 19.9 Å². The standard InChI is InChI=1S/C20H26N4O4/c1-27-17-5-3-2-4-16(17)20-21-18(28-22-20)6-7-19(26)23-10-8-14(9-11-23)24-12-15(25)13-24/h2-5,14-15,25H,6-13H2,1H3. The van der Waals surface area contributed by atoms with Gasteiger partial charge in [0, 0.05) is 45.1 Å². The maximum absolute atomic E-state index is 12.5. The van der Waals surface area contributed by atoms with Crippen LogP contribution >= 0.6 is 0 Å². The van der Waals surface area contributed by atoms with Crippen LogP contribution in [0.1, 0.15) is 25.2 Å². The van der Waals surface area contributed by atoms with E-state index < -0.39 is 0 Å². The van der Waals surface area contributed by atoms with Gasteiger partial charge in [-0.15, -0.1) is 0 Å². The van der Waals surface area contributed by atoms with E-state index in [1.165, 1.54) is 0 Å². The summed E-state index contributed by atoms with van der Waals surface area (Å²) in [6, 6.07) is 7.99. The lowest BCUT2D eigenvalue weighted by Gasteiger charge is -2.45. The maximum atomic E-state index is 12.5. The molecule has 0 bridgehead atoms. The third-order valence-electron chi connectivity index (χ3n) is 5.59. The Morgan fingerprint density at radius 3 is 2.75 bits per heavy atom. The zero-order chi connectivity index (χ0) is 19.5. The number of para-hydroxylation sites is 1. The molecule has 1 amide bonds. The van der Waals surface area contributed by atoms with Crippen LogP contribution in [0.25, 0.3) is 11.4 Å². The van der Waals surface area contributed by atoms with Crippen LogP contribution in [0.15, 0.2) is 28.8 Å². The average Bonchev–Trinajstić information content (AvgIpc) is 3.18. The van der Waals surface area contributed by atoms with E-state index >= 15 is 0 Å². The van der Waals surface area contributed by atoms with E-state index in [0.29, 0.717) is 36.3 Å². The number of hydrogen-bond acceptors (Lipinski definition) is 7. The van der Waals surface area contributed by atoms with Crippen molar-refractivity contribution < 1.29 is 19.2 Å². The first-order valence-corrected chi connectivity index (χ1v) is 9.80. The topological polar surface area (TPSA) is 91.9 Å². The van der Waals surface area contributed by atoms with Gasteiger partial charge in [0.25, 0.3) is 0 Å². The summed E-state index contributed by atoms with van der Waals surface area (Å²) in [5, 5.41) is 13.5. The summed E-state index contributed by atoms with van der Waals surface area (Å²) < 4.78 is 10.6.